The molecule has 1 atom stereocenters. The molecule has 0 aliphatic carbocycles. The van der Waals surface area contributed by atoms with Crippen LogP contribution < -0.4 is 10.0 Å². The summed E-state index contributed by atoms with van der Waals surface area (Å²) in [6.45, 7) is 5.06. The normalized spacial score (nSPS) is 12.5. The average Bonchev–Trinajstić information content (AvgIpc) is 3.19. The minimum absolute atomic E-state index is 0.0160. The van der Waals surface area contributed by atoms with Crippen molar-refractivity contribution in [1.82, 2.24) is 4.98 Å². The number of hydrogen-bond donors (Lipinski definition) is 2. The van der Waals surface area contributed by atoms with Crippen molar-refractivity contribution in [2.75, 3.05) is 10.0 Å². The third-order valence-corrected chi connectivity index (χ3v) is 6.38. The first-order valence-electron chi connectivity index (χ1n) is 9.47. The summed E-state index contributed by atoms with van der Waals surface area (Å²) in [7, 11) is -3.79. The Labute approximate surface area is 189 Å². The van der Waals surface area contributed by atoms with Crippen molar-refractivity contribution in [3.05, 3.63) is 65.2 Å². The van der Waals surface area contributed by atoms with E-state index in [0.29, 0.717) is 11.4 Å². The van der Waals surface area contributed by atoms with Gasteiger partial charge in [-0.3, -0.25) is 14.3 Å². The SMILES string of the molecule is CC(=O)C(N=Nc1ccc(S(=O)(=O)Nc2nccs2)cc1)C(=O)Nc1cc(C)cc(C)c1. The van der Waals surface area contributed by atoms with Crippen LogP contribution in [-0.2, 0) is 19.6 Å². The van der Waals surface area contributed by atoms with Crippen LogP contribution in [0.4, 0.5) is 16.5 Å². The van der Waals surface area contributed by atoms with Crippen molar-refractivity contribution >= 4 is 49.6 Å². The number of nitrogens with one attached hydrogen (secondary N) is 2. The number of Topliss-reactive ketones (excluding diaryl/α,β-unsaturated/α-hetero) is 1. The van der Waals surface area contributed by atoms with Gasteiger partial charge in [0, 0.05) is 17.3 Å². The number of amides is 1. The molecule has 0 saturated carbocycles. The molecule has 166 valence electrons. The van der Waals surface area contributed by atoms with Crippen LogP contribution in [0.25, 0.3) is 0 Å². The number of anilines is 2. The van der Waals surface area contributed by atoms with Crippen molar-refractivity contribution in [3.8, 4) is 0 Å². The standard InChI is InChI=1S/C21H21N5O4S2/c1-13-10-14(2)12-17(11-13)23-20(28)19(15(3)27)25-24-16-4-6-18(7-5-16)32(29,30)26-21-22-8-9-31-21/h4-12,19H,1-3H3,(H,22,26)(H,23,28). The lowest BCUT2D eigenvalue weighted by atomic mass is 10.1. The molecule has 0 aliphatic heterocycles. The highest BCUT2D eigenvalue weighted by Crippen LogP contribution is 2.21. The van der Waals surface area contributed by atoms with Crippen molar-refractivity contribution < 1.29 is 18.0 Å². The molecule has 0 radical (unpaired) electrons. The first kappa shape index (κ1) is 23.2. The largest absolute Gasteiger partial charge is 0.324 e. The van der Waals surface area contributed by atoms with E-state index in [1.165, 1.54) is 37.4 Å². The highest BCUT2D eigenvalue weighted by Gasteiger charge is 2.23. The maximum absolute atomic E-state index is 12.6. The van der Waals surface area contributed by atoms with Crippen LogP contribution in [0.5, 0.6) is 0 Å². The quantitative estimate of drug-likeness (QED) is 0.375. The first-order valence-corrected chi connectivity index (χ1v) is 11.8. The van der Waals surface area contributed by atoms with E-state index in [2.05, 4.69) is 25.3 Å². The molecule has 2 N–H and O–H groups in total. The molecule has 0 fully saturated rings. The summed E-state index contributed by atoms with van der Waals surface area (Å²) in [5.74, 6) is -1.07. The smallest absolute Gasteiger partial charge is 0.263 e. The molecule has 0 bridgehead atoms. The fourth-order valence-corrected chi connectivity index (χ4v) is 4.63. The third kappa shape index (κ3) is 6.05. The predicted octanol–water partition coefficient (Wildman–Crippen LogP) is 4.24. The lowest BCUT2D eigenvalue weighted by Crippen LogP contribution is -2.31. The fourth-order valence-electron chi connectivity index (χ4n) is 2.84. The van der Waals surface area contributed by atoms with Gasteiger partial charge in [-0.1, -0.05) is 6.07 Å². The predicted molar refractivity (Wildman–Crippen MR) is 123 cm³/mol. The second-order valence-corrected chi connectivity index (χ2v) is 9.61. The summed E-state index contributed by atoms with van der Waals surface area (Å²) in [6.07, 6.45) is 1.49. The number of benzene rings is 2. The van der Waals surface area contributed by atoms with Crippen LogP contribution in [0.2, 0.25) is 0 Å². The summed E-state index contributed by atoms with van der Waals surface area (Å²) >= 11 is 1.16. The van der Waals surface area contributed by atoms with Crippen LogP contribution in [0.15, 0.2) is 69.2 Å². The number of carbonyl (C=O) groups is 2. The Balaban J connectivity index is 1.72. The Bertz CT molecular complexity index is 1230. The van der Waals surface area contributed by atoms with Gasteiger partial charge in [0.1, 0.15) is 0 Å². The number of thiazole rings is 1. The van der Waals surface area contributed by atoms with Gasteiger partial charge in [0.05, 0.1) is 10.6 Å². The Morgan fingerprint density at radius 1 is 1.06 bits per heavy atom. The zero-order valence-corrected chi connectivity index (χ0v) is 19.2. The minimum atomic E-state index is -3.79. The molecular formula is C21H21N5O4S2. The van der Waals surface area contributed by atoms with Crippen LogP contribution in [0, 0.1) is 13.8 Å². The molecule has 1 amide bonds. The molecular weight excluding hydrogens is 450 g/mol. The highest BCUT2D eigenvalue weighted by molar-refractivity contribution is 7.93. The van der Waals surface area contributed by atoms with E-state index in [-0.39, 0.29) is 10.0 Å². The van der Waals surface area contributed by atoms with Gasteiger partial charge in [0.15, 0.2) is 10.9 Å². The van der Waals surface area contributed by atoms with Gasteiger partial charge in [0.2, 0.25) is 6.04 Å². The molecule has 0 spiro atoms. The van der Waals surface area contributed by atoms with Crippen LogP contribution in [-0.4, -0.2) is 31.1 Å². The number of sulfonamides is 1. The Kier molecular flexibility index (Phi) is 7.11. The second kappa shape index (κ2) is 9.79. The summed E-state index contributed by atoms with van der Waals surface area (Å²) in [6, 6.07) is 9.78. The first-order chi connectivity index (χ1) is 15.1. The maximum Gasteiger partial charge on any atom is 0.263 e. The van der Waals surface area contributed by atoms with Gasteiger partial charge in [-0.25, -0.2) is 13.4 Å². The van der Waals surface area contributed by atoms with Crippen molar-refractivity contribution in [2.24, 2.45) is 10.2 Å². The molecule has 3 rings (SSSR count). The zero-order chi connectivity index (χ0) is 23.3. The second-order valence-electron chi connectivity index (χ2n) is 7.03. The Hall–Kier alpha value is -3.44. The number of hydrogen-bond acceptors (Lipinski definition) is 8. The van der Waals surface area contributed by atoms with Gasteiger partial charge in [-0.2, -0.15) is 10.2 Å². The van der Waals surface area contributed by atoms with Crippen molar-refractivity contribution in [2.45, 2.75) is 31.7 Å². The fraction of sp³-hybridized carbons (Fsp3) is 0.190. The van der Waals surface area contributed by atoms with Crippen LogP contribution >= 0.6 is 11.3 Å². The number of nitrogens with zero attached hydrogens (tertiary/aromatic N) is 3. The molecule has 1 unspecified atom stereocenters. The van der Waals surface area contributed by atoms with Crippen LogP contribution in [0.3, 0.4) is 0 Å². The van der Waals surface area contributed by atoms with E-state index < -0.39 is 27.8 Å². The lowest BCUT2D eigenvalue weighted by Gasteiger charge is -2.11. The van der Waals surface area contributed by atoms with Crippen molar-refractivity contribution in [3.63, 3.8) is 0 Å². The number of aromatic nitrogens is 1. The van der Waals surface area contributed by atoms with Gasteiger partial charge in [0.25, 0.3) is 15.9 Å². The molecule has 11 heteroatoms. The van der Waals surface area contributed by atoms with E-state index in [1.54, 1.807) is 17.5 Å². The number of aryl methyl sites for hydroxylation is 2. The third-order valence-electron chi connectivity index (χ3n) is 4.21. The van der Waals surface area contributed by atoms with Gasteiger partial charge in [-0.15, -0.1) is 11.3 Å². The van der Waals surface area contributed by atoms with Gasteiger partial charge < -0.3 is 5.32 Å². The molecule has 3 aromatic rings. The van der Waals surface area contributed by atoms with E-state index in [4.69, 9.17) is 0 Å². The van der Waals surface area contributed by atoms with E-state index in [9.17, 15) is 18.0 Å². The molecule has 1 aromatic heterocycles. The molecule has 2 aromatic carbocycles. The molecule has 32 heavy (non-hydrogen) atoms. The Morgan fingerprint density at radius 2 is 1.72 bits per heavy atom. The monoisotopic (exact) mass is 471 g/mol. The average molecular weight is 472 g/mol. The van der Waals surface area contributed by atoms with Gasteiger partial charge >= 0.3 is 0 Å². The zero-order valence-electron chi connectivity index (χ0n) is 17.6. The number of carbonyl (C=O) groups excluding carboxylic acids is 2. The number of azo groups is 1. The topological polar surface area (TPSA) is 130 Å². The van der Waals surface area contributed by atoms with Crippen LogP contribution in [0.1, 0.15) is 18.1 Å². The number of rotatable bonds is 8. The Morgan fingerprint density at radius 3 is 2.28 bits per heavy atom. The molecule has 0 aliphatic rings. The molecule has 0 saturated heterocycles. The summed E-state index contributed by atoms with van der Waals surface area (Å²) in [5.41, 5.74) is 2.81. The van der Waals surface area contributed by atoms with Gasteiger partial charge in [-0.05, 0) is 68.3 Å². The lowest BCUT2D eigenvalue weighted by molar-refractivity contribution is -0.126. The molecule has 9 nitrogen and oxygen atoms in total. The maximum atomic E-state index is 12.6. The minimum Gasteiger partial charge on any atom is -0.324 e. The highest BCUT2D eigenvalue weighted by atomic mass is 32.2. The molecule has 1 heterocycles. The van der Waals surface area contributed by atoms with E-state index >= 15 is 0 Å². The van der Waals surface area contributed by atoms with E-state index in [1.807, 2.05) is 19.9 Å². The summed E-state index contributed by atoms with van der Waals surface area (Å²) < 4.78 is 27.1. The summed E-state index contributed by atoms with van der Waals surface area (Å²) in [4.78, 5) is 28.4. The summed E-state index contributed by atoms with van der Waals surface area (Å²) in [5, 5.41) is 12.4. The van der Waals surface area contributed by atoms with E-state index in [0.717, 1.165) is 22.5 Å². The number of ketones is 1. The van der Waals surface area contributed by atoms with Crippen molar-refractivity contribution in [1.29, 1.82) is 0 Å².